The maximum atomic E-state index is 12.0. The number of carbonyl (C=O) groups is 1. The minimum Gasteiger partial charge on any atom is -0.383 e. The third-order valence-electron chi connectivity index (χ3n) is 3.81. The summed E-state index contributed by atoms with van der Waals surface area (Å²) in [6.07, 6.45) is 2.02. The van der Waals surface area contributed by atoms with Crippen molar-refractivity contribution in [3.05, 3.63) is 0 Å². The molecule has 19 heavy (non-hydrogen) atoms. The highest BCUT2D eigenvalue weighted by Crippen LogP contribution is 2.15. The molecule has 0 aliphatic carbocycles. The highest BCUT2D eigenvalue weighted by atomic mass is 16.5. The molecule has 2 aliphatic rings. The average Bonchev–Trinajstić information content (AvgIpc) is 2.91. The van der Waals surface area contributed by atoms with E-state index < -0.39 is 0 Å². The zero-order chi connectivity index (χ0) is 13.5. The Labute approximate surface area is 114 Å². The average molecular weight is 271 g/mol. The van der Waals surface area contributed by atoms with Crippen LogP contribution >= 0.6 is 0 Å². The number of hydrogen-bond donors (Lipinski definition) is 2. The van der Waals surface area contributed by atoms with Crippen molar-refractivity contribution in [2.45, 2.75) is 25.0 Å². The van der Waals surface area contributed by atoms with Gasteiger partial charge in [0.25, 0.3) is 5.91 Å². The molecule has 1 amide bonds. The second-order valence-corrected chi connectivity index (χ2v) is 5.13. The van der Waals surface area contributed by atoms with Gasteiger partial charge < -0.3 is 20.1 Å². The smallest absolute Gasteiger partial charge is 0.250 e. The predicted molar refractivity (Wildman–Crippen MR) is 72.1 cm³/mol. The topological polar surface area (TPSA) is 62.8 Å². The second-order valence-electron chi connectivity index (χ2n) is 5.13. The number of methoxy groups -OCH3 is 1. The molecule has 0 saturated carbocycles. The molecular weight excluding hydrogens is 246 g/mol. The largest absolute Gasteiger partial charge is 0.383 e. The Morgan fingerprint density at radius 3 is 3.21 bits per heavy atom. The first kappa shape index (κ1) is 14.7. The normalized spacial score (nSPS) is 28.5. The van der Waals surface area contributed by atoms with Gasteiger partial charge >= 0.3 is 0 Å². The molecule has 0 aromatic rings. The number of likely N-dealkylation sites (tertiary alicyclic amines) is 1. The SMILES string of the molecule is COCCN1CCCC1CNC(=O)C1CNCCO1. The molecule has 6 nitrogen and oxygen atoms in total. The van der Waals surface area contributed by atoms with Crippen molar-refractivity contribution in [2.24, 2.45) is 0 Å². The Hall–Kier alpha value is -0.690. The van der Waals surface area contributed by atoms with Gasteiger partial charge in [-0.2, -0.15) is 0 Å². The van der Waals surface area contributed by atoms with Gasteiger partial charge in [0.15, 0.2) is 0 Å². The van der Waals surface area contributed by atoms with E-state index in [2.05, 4.69) is 15.5 Å². The number of nitrogens with one attached hydrogen (secondary N) is 2. The molecule has 0 spiro atoms. The molecule has 0 bridgehead atoms. The van der Waals surface area contributed by atoms with Gasteiger partial charge in [0.2, 0.25) is 0 Å². The van der Waals surface area contributed by atoms with Crippen LogP contribution in [-0.4, -0.2) is 76.0 Å². The van der Waals surface area contributed by atoms with Crippen molar-refractivity contribution >= 4 is 5.91 Å². The molecule has 2 saturated heterocycles. The van der Waals surface area contributed by atoms with E-state index in [0.29, 0.717) is 25.7 Å². The van der Waals surface area contributed by atoms with E-state index in [1.54, 1.807) is 7.11 Å². The van der Waals surface area contributed by atoms with Crippen molar-refractivity contribution < 1.29 is 14.3 Å². The molecule has 2 fully saturated rings. The lowest BCUT2D eigenvalue weighted by Gasteiger charge is -2.26. The molecule has 110 valence electrons. The minimum absolute atomic E-state index is 0.00536. The van der Waals surface area contributed by atoms with E-state index in [9.17, 15) is 4.79 Å². The molecule has 2 N–H and O–H groups in total. The summed E-state index contributed by atoms with van der Waals surface area (Å²) < 4.78 is 10.6. The van der Waals surface area contributed by atoms with Gasteiger partial charge in [0.1, 0.15) is 6.10 Å². The van der Waals surface area contributed by atoms with Gasteiger partial charge in [0.05, 0.1) is 13.2 Å². The summed E-state index contributed by atoms with van der Waals surface area (Å²) in [5.74, 6) is 0.00536. The van der Waals surface area contributed by atoms with Crippen LogP contribution in [0.3, 0.4) is 0 Å². The Morgan fingerprint density at radius 1 is 1.58 bits per heavy atom. The lowest BCUT2D eigenvalue weighted by Crippen LogP contribution is -2.50. The summed E-state index contributed by atoms with van der Waals surface area (Å²) in [6.45, 7) is 5.56. The maximum Gasteiger partial charge on any atom is 0.250 e. The fourth-order valence-corrected chi connectivity index (χ4v) is 2.70. The molecule has 2 atom stereocenters. The van der Waals surface area contributed by atoms with Crippen LogP contribution in [0.5, 0.6) is 0 Å². The summed E-state index contributed by atoms with van der Waals surface area (Å²) >= 11 is 0. The summed E-state index contributed by atoms with van der Waals surface area (Å²) in [5, 5.41) is 6.18. The van der Waals surface area contributed by atoms with Gasteiger partial charge in [-0.1, -0.05) is 0 Å². The molecule has 2 unspecified atom stereocenters. The van der Waals surface area contributed by atoms with Crippen LogP contribution < -0.4 is 10.6 Å². The van der Waals surface area contributed by atoms with Gasteiger partial charge in [-0.15, -0.1) is 0 Å². The van der Waals surface area contributed by atoms with Gasteiger partial charge in [-0.3, -0.25) is 9.69 Å². The Morgan fingerprint density at radius 2 is 2.47 bits per heavy atom. The lowest BCUT2D eigenvalue weighted by molar-refractivity contribution is -0.134. The van der Waals surface area contributed by atoms with Crippen molar-refractivity contribution in [3.8, 4) is 0 Å². The summed E-state index contributed by atoms with van der Waals surface area (Å²) in [6, 6.07) is 0.440. The molecule has 2 heterocycles. The second kappa shape index (κ2) is 7.79. The highest BCUT2D eigenvalue weighted by Gasteiger charge is 2.26. The van der Waals surface area contributed by atoms with Crippen molar-refractivity contribution in [1.29, 1.82) is 0 Å². The van der Waals surface area contributed by atoms with Gasteiger partial charge in [0, 0.05) is 39.3 Å². The Bertz CT molecular complexity index is 282. The quantitative estimate of drug-likeness (QED) is 0.662. The first-order chi connectivity index (χ1) is 9.31. The minimum atomic E-state index is -0.331. The number of hydrogen-bond acceptors (Lipinski definition) is 5. The number of ether oxygens (including phenoxy) is 2. The molecule has 2 aliphatic heterocycles. The van der Waals surface area contributed by atoms with Gasteiger partial charge in [-0.05, 0) is 19.4 Å². The van der Waals surface area contributed by atoms with Crippen molar-refractivity contribution in [2.75, 3.05) is 53.0 Å². The van der Waals surface area contributed by atoms with Gasteiger partial charge in [-0.25, -0.2) is 0 Å². The molecule has 0 radical (unpaired) electrons. The van der Waals surface area contributed by atoms with E-state index in [0.717, 1.165) is 32.7 Å². The molecule has 6 heteroatoms. The van der Waals surface area contributed by atoms with Crippen LogP contribution in [0.25, 0.3) is 0 Å². The molecule has 0 aromatic carbocycles. The number of amides is 1. The maximum absolute atomic E-state index is 12.0. The summed E-state index contributed by atoms with van der Waals surface area (Å²) in [4.78, 5) is 14.3. The van der Waals surface area contributed by atoms with Crippen LogP contribution in [0, 0.1) is 0 Å². The summed E-state index contributed by atoms with van der Waals surface area (Å²) in [7, 11) is 1.72. The Balaban J connectivity index is 1.69. The predicted octanol–water partition coefficient (Wildman–Crippen LogP) is -0.798. The van der Waals surface area contributed by atoms with Crippen LogP contribution in [0.2, 0.25) is 0 Å². The fourth-order valence-electron chi connectivity index (χ4n) is 2.70. The lowest BCUT2D eigenvalue weighted by atomic mass is 10.2. The molecular formula is C13H25N3O3. The first-order valence-electron chi connectivity index (χ1n) is 7.14. The third-order valence-corrected chi connectivity index (χ3v) is 3.81. The first-order valence-corrected chi connectivity index (χ1v) is 7.14. The highest BCUT2D eigenvalue weighted by molar-refractivity contribution is 5.81. The standard InChI is InChI=1S/C13H25N3O3/c1-18-8-6-16-5-2-3-11(16)9-15-13(17)12-10-14-4-7-19-12/h11-12,14H,2-10H2,1H3,(H,15,17). The number of nitrogens with zero attached hydrogens (tertiary/aromatic N) is 1. The van der Waals surface area contributed by atoms with Crippen molar-refractivity contribution in [1.82, 2.24) is 15.5 Å². The number of carbonyl (C=O) groups excluding carboxylic acids is 1. The van der Waals surface area contributed by atoms with Crippen LogP contribution in [0.15, 0.2) is 0 Å². The van der Waals surface area contributed by atoms with E-state index in [1.165, 1.54) is 6.42 Å². The monoisotopic (exact) mass is 271 g/mol. The van der Waals surface area contributed by atoms with Crippen LogP contribution in [0.1, 0.15) is 12.8 Å². The molecule has 0 aromatic heterocycles. The van der Waals surface area contributed by atoms with Crippen LogP contribution in [-0.2, 0) is 14.3 Å². The summed E-state index contributed by atoms with van der Waals surface area (Å²) in [5.41, 5.74) is 0. The molecule has 2 rings (SSSR count). The van der Waals surface area contributed by atoms with E-state index in [-0.39, 0.29) is 12.0 Å². The van der Waals surface area contributed by atoms with E-state index in [4.69, 9.17) is 9.47 Å². The van der Waals surface area contributed by atoms with Crippen LogP contribution in [0.4, 0.5) is 0 Å². The fraction of sp³-hybridized carbons (Fsp3) is 0.923. The zero-order valence-electron chi connectivity index (χ0n) is 11.7. The Kier molecular flexibility index (Phi) is 6.03. The third kappa shape index (κ3) is 4.42. The van der Waals surface area contributed by atoms with E-state index >= 15 is 0 Å². The van der Waals surface area contributed by atoms with E-state index in [1.807, 2.05) is 0 Å². The number of morpholine rings is 1. The van der Waals surface area contributed by atoms with Crippen molar-refractivity contribution in [3.63, 3.8) is 0 Å². The zero-order valence-corrected chi connectivity index (χ0v) is 11.7. The number of rotatable bonds is 6.